The Morgan fingerprint density at radius 2 is 1.29 bits per heavy atom. The third kappa shape index (κ3) is 4.13. The summed E-state index contributed by atoms with van der Waals surface area (Å²) in [6, 6.07) is 37.1. The first-order chi connectivity index (χ1) is 17.1. The molecule has 0 aliphatic carbocycles. The van der Waals surface area contributed by atoms with Gasteiger partial charge in [0.05, 0.1) is 9.83 Å². The molecule has 1 aliphatic rings. The van der Waals surface area contributed by atoms with E-state index in [1.807, 2.05) is 121 Å². The van der Waals surface area contributed by atoms with Crippen LogP contribution in [0.15, 0.2) is 127 Å². The van der Waals surface area contributed by atoms with Crippen LogP contribution in [0.25, 0.3) is 4.91 Å². The molecule has 2 atom stereocenters. The second-order valence-electron chi connectivity index (χ2n) is 8.21. The Hall–Kier alpha value is -4.16. The van der Waals surface area contributed by atoms with Crippen molar-refractivity contribution in [1.29, 1.82) is 0 Å². The molecule has 0 bridgehead atoms. The number of nitrogens with one attached hydrogen (secondary N) is 1. The van der Waals surface area contributed by atoms with E-state index in [1.54, 1.807) is 0 Å². The molecule has 1 heterocycles. The van der Waals surface area contributed by atoms with Crippen LogP contribution >= 0.6 is 11.8 Å². The minimum absolute atomic E-state index is 0.0273. The number of allylic oxidation sites excluding steroid dienone is 1. The summed E-state index contributed by atoms with van der Waals surface area (Å²) >= 11 is 1.26. The summed E-state index contributed by atoms with van der Waals surface area (Å²) in [6.07, 6.45) is 0. The Morgan fingerprint density at radius 1 is 0.771 bits per heavy atom. The molecule has 5 nitrogen and oxygen atoms in total. The molecule has 0 spiro atoms. The van der Waals surface area contributed by atoms with Crippen molar-refractivity contribution in [3.05, 3.63) is 154 Å². The van der Waals surface area contributed by atoms with Gasteiger partial charge in [-0.2, -0.15) is 0 Å². The van der Waals surface area contributed by atoms with Gasteiger partial charge in [-0.1, -0.05) is 121 Å². The second kappa shape index (κ2) is 9.60. The van der Waals surface area contributed by atoms with Crippen LogP contribution in [0.3, 0.4) is 0 Å². The first-order valence-corrected chi connectivity index (χ1v) is 12.0. The molecule has 1 aliphatic heterocycles. The fourth-order valence-electron chi connectivity index (χ4n) is 4.58. The van der Waals surface area contributed by atoms with Crippen LogP contribution in [0, 0.1) is 10.1 Å². The van der Waals surface area contributed by atoms with E-state index in [9.17, 15) is 14.9 Å². The van der Waals surface area contributed by atoms with Gasteiger partial charge in [-0.15, -0.1) is 0 Å². The zero-order valence-electron chi connectivity index (χ0n) is 18.7. The Balaban J connectivity index is 1.78. The second-order valence-corrected chi connectivity index (χ2v) is 9.46. The normalized spacial score (nSPS) is 19.4. The fourth-order valence-corrected chi connectivity index (χ4v) is 6.22. The van der Waals surface area contributed by atoms with E-state index in [0.717, 1.165) is 5.56 Å². The summed E-state index contributed by atoms with van der Waals surface area (Å²) in [7, 11) is 0. The molecule has 0 unspecified atom stereocenters. The van der Waals surface area contributed by atoms with E-state index < -0.39 is 10.7 Å². The average molecular weight is 479 g/mol. The maximum Gasteiger partial charge on any atom is 0.270 e. The largest absolute Gasteiger partial charge is 0.325 e. The summed E-state index contributed by atoms with van der Waals surface area (Å²) in [5.74, 6) is -1.12. The topological polar surface area (TPSA) is 72.2 Å². The summed E-state index contributed by atoms with van der Waals surface area (Å²) < 4.78 is -1.30. The number of hydrogen-bond donors (Lipinski definition) is 1. The molecule has 6 heteroatoms. The molecule has 5 rings (SSSR count). The molecular weight excluding hydrogens is 456 g/mol. The SMILES string of the molecule is O=C(Nc1ccccc1)[C@]1(c2ccccc2)SC(c2ccccc2)=C([N+](=O)[O-])[C@H]1c1ccccc1. The fraction of sp³-hybridized carbons (Fsp3) is 0.0690. The van der Waals surface area contributed by atoms with E-state index in [4.69, 9.17) is 0 Å². The molecule has 1 amide bonds. The minimum Gasteiger partial charge on any atom is -0.325 e. The Labute approximate surface area is 207 Å². The molecular formula is C29H22N2O3S. The van der Waals surface area contributed by atoms with Gasteiger partial charge in [0, 0.05) is 5.69 Å². The first-order valence-electron chi connectivity index (χ1n) is 11.2. The highest BCUT2D eigenvalue weighted by Crippen LogP contribution is 2.63. The number of thioether (sulfide) groups is 1. The third-order valence-corrected chi connectivity index (χ3v) is 7.74. The van der Waals surface area contributed by atoms with Crippen LogP contribution in [-0.4, -0.2) is 10.8 Å². The molecule has 0 fully saturated rings. The van der Waals surface area contributed by atoms with E-state index in [-0.39, 0.29) is 16.5 Å². The van der Waals surface area contributed by atoms with Gasteiger partial charge < -0.3 is 5.32 Å². The summed E-state index contributed by atoms with van der Waals surface area (Å²) in [5, 5.41) is 15.7. The summed E-state index contributed by atoms with van der Waals surface area (Å²) in [5.41, 5.74) is 2.80. The van der Waals surface area contributed by atoms with Crippen LogP contribution in [0.4, 0.5) is 5.69 Å². The molecule has 1 N–H and O–H groups in total. The van der Waals surface area contributed by atoms with Crippen molar-refractivity contribution in [3.63, 3.8) is 0 Å². The van der Waals surface area contributed by atoms with Crippen molar-refractivity contribution < 1.29 is 9.72 Å². The maximum absolute atomic E-state index is 14.3. The molecule has 0 saturated carbocycles. The van der Waals surface area contributed by atoms with E-state index in [0.29, 0.717) is 21.7 Å². The third-order valence-electron chi connectivity index (χ3n) is 6.11. The Bertz CT molecular complexity index is 1380. The smallest absolute Gasteiger partial charge is 0.270 e. The number of para-hydroxylation sites is 1. The van der Waals surface area contributed by atoms with Crippen molar-refractivity contribution in [1.82, 2.24) is 0 Å². The molecule has 4 aromatic carbocycles. The minimum atomic E-state index is -1.30. The number of carbonyl (C=O) groups excluding carboxylic acids is 1. The lowest BCUT2D eigenvalue weighted by atomic mass is 9.77. The van der Waals surface area contributed by atoms with E-state index in [2.05, 4.69) is 5.32 Å². The molecule has 0 aromatic heterocycles. The van der Waals surface area contributed by atoms with Crippen molar-refractivity contribution in [3.8, 4) is 0 Å². The zero-order valence-corrected chi connectivity index (χ0v) is 19.5. The van der Waals surface area contributed by atoms with Crippen molar-refractivity contribution in [2.24, 2.45) is 0 Å². The van der Waals surface area contributed by atoms with Crippen LogP contribution < -0.4 is 5.32 Å². The average Bonchev–Trinajstić information content (AvgIpc) is 3.29. The highest BCUT2D eigenvalue weighted by atomic mass is 32.2. The number of anilines is 1. The molecule has 0 saturated heterocycles. The number of nitro groups is 1. The summed E-state index contributed by atoms with van der Waals surface area (Å²) in [4.78, 5) is 27.1. The molecule has 0 radical (unpaired) electrons. The van der Waals surface area contributed by atoms with Gasteiger partial charge in [0.25, 0.3) is 5.70 Å². The predicted molar refractivity (Wildman–Crippen MR) is 140 cm³/mol. The van der Waals surface area contributed by atoms with Crippen LogP contribution in [-0.2, 0) is 9.54 Å². The van der Waals surface area contributed by atoms with Gasteiger partial charge in [-0.25, -0.2) is 0 Å². The number of amides is 1. The van der Waals surface area contributed by atoms with Gasteiger partial charge in [-0.3, -0.25) is 14.9 Å². The Kier molecular flexibility index (Phi) is 6.21. The van der Waals surface area contributed by atoms with Gasteiger partial charge in [0.2, 0.25) is 5.91 Å². The summed E-state index contributed by atoms with van der Waals surface area (Å²) in [6.45, 7) is 0. The van der Waals surface area contributed by atoms with Crippen molar-refractivity contribution >= 4 is 28.3 Å². The first kappa shape index (κ1) is 22.6. The quantitative estimate of drug-likeness (QED) is 0.247. The van der Waals surface area contributed by atoms with Gasteiger partial charge >= 0.3 is 0 Å². The van der Waals surface area contributed by atoms with Gasteiger partial charge in [0.1, 0.15) is 10.7 Å². The predicted octanol–water partition coefficient (Wildman–Crippen LogP) is 6.70. The maximum atomic E-state index is 14.3. The molecule has 4 aromatic rings. The molecule has 172 valence electrons. The van der Waals surface area contributed by atoms with Crippen molar-refractivity contribution in [2.45, 2.75) is 10.7 Å². The number of rotatable bonds is 6. The van der Waals surface area contributed by atoms with Gasteiger partial charge in [-0.05, 0) is 28.8 Å². The standard InChI is InChI=1S/C29H22N2O3S/c32-28(30-24-19-11-4-12-20-24)29(23-17-9-3-10-18-23)25(21-13-5-1-6-14-21)26(31(33)34)27(35-29)22-15-7-2-8-16-22/h1-20,25H,(H,30,32)/t25-,29-/m1/s1. The number of carbonyl (C=O) groups is 1. The van der Waals surface area contributed by atoms with Crippen molar-refractivity contribution in [2.75, 3.05) is 5.32 Å². The lowest BCUT2D eigenvalue weighted by molar-refractivity contribution is -0.428. The zero-order chi connectivity index (χ0) is 24.3. The van der Waals surface area contributed by atoms with Crippen LogP contribution in [0.5, 0.6) is 0 Å². The highest BCUT2D eigenvalue weighted by Gasteiger charge is 2.60. The number of nitrogens with zero attached hydrogens (tertiary/aromatic N) is 1. The lowest BCUT2D eigenvalue weighted by Gasteiger charge is -2.33. The number of hydrogen-bond acceptors (Lipinski definition) is 4. The van der Waals surface area contributed by atoms with Crippen LogP contribution in [0.2, 0.25) is 0 Å². The Morgan fingerprint density at radius 3 is 1.86 bits per heavy atom. The lowest BCUT2D eigenvalue weighted by Crippen LogP contribution is -2.42. The van der Waals surface area contributed by atoms with Gasteiger partial charge in [0.15, 0.2) is 0 Å². The van der Waals surface area contributed by atoms with E-state index >= 15 is 0 Å². The number of benzene rings is 4. The van der Waals surface area contributed by atoms with Crippen LogP contribution in [0.1, 0.15) is 22.6 Å². The monoisotopic (exact) mass is 478 g/mol. The van der Waals surface area contributed by atoms with E-state index in [1.165, 1.54) is 11.8 Å². The highest BCUT2D eigenvalue weighted by molar-refractivity contribution is 8.10. The molecule has 35 heavy (non-hydrogen) atoms.